The Morgan fingerprint density at radius 1 is 1.09 bits per heavy atom. The highest BCUT2D eigenvalue weighted by Gasteiger charge is 2.13. The maximum atomic E-state index is 12.7. The second-order valence-corrected chi connectivity index (χ2v) is 7.58. The van der Waals surface area contributed by atoms with Crippen molar-refractivity contribution >= 4 is 34.8 Å². The van der Waals surface area contributed by atoms with E-state index in [0.717, 1.165) is 5.56 Å². The summed E-state index contributed by atoms with van der Waals surface area (Å²) in [4.78, 5) is 16.8. The Hall–Kier alpha value is -3.55. The molecule has 0 atom stereocenters. The molecule has 0 aliphatic heterocycles. The van der Waals surface area contributed by atoms with Gasteiger partial charge in [-0.2, -0.15) is 5.10 Å². The number of halogens is 2. The molecular weight excluding hydrogens is 451 g/mol. The lowest BCUT2D eigenvalue weighted by Gasteiger charge is -2.13. The quantitative estimate of drug-likeness (QED) is 0.392. The fourth-order valence-corrected chi connectivity index (χ4v) is 3.45. The Kier molecular flexibility index (Phi) is 6.58. The van der Waals surface area contributed by atoms with E-state index in [1.54, 1.807) is 62.1 Å². The summed E-state index contributed by atoms with van der Waals surface area (Å²) in [6.07, 6.45) is 6.48. The first-order valence-corrected chi connectivity index (χ1v) is 10.3. The van der Waals surface area contributed by atoms with Crippen molar-refractivity contribution in [1.82, 2.24) is 14.8 Å². The summed E-state index contributed by atoms with van der Waals surface area (Å²) in [6, 6.07) is 14.0. The molecule has 0 aliphatic rings. The molecule has 4 aromatic rings. The molecule has 0 fully saturated rings. The number of hydrogen-bond acceptors (Lipinski definition) is 5. The van der Waals surface area contributed by atoms with Crippen LogP contribution < -0.4 is 14.8 Å². The molecule has 0 unspecified atom stereocenters. The van der Waals surface area contributed by atoms with Crippen LogP contribution in [0.2, 0.25) is 10.0 Å². The van der Waals surface area contributed by atoms with Gasteiger partial charge < -0.3 is 14.8 Å². The van der Waals surface area contributed by atoms with Crippen LogP contribution in [0, 0.1) is 0 Å². The fourth-order valence-electron chi connectivity index (χ4n) is 2.95. The van der Waals surface area contributed by atoms with Crippen LogP contribution in [-0.2, 0) is 6.61 Å². The number of carbonyl (C=O) groups is 1. The molecule has 0 bridgehead atoms. The van der Waals surface area contributed by atoms with E-state index in [-0.39, 0.29) is 5.91 Å². The highest BCUT2D eigenvalue weighted by atomic mass is 35.5. The van der Waals surface area contributed by atoms with E-state index in [2.05, 4.69) is 15.4 Å². The molecule has 0 spiro atoms. The van der Waals surface area contributed by atoms with Crippen molar-refractivity contribution < 1.29 is 14.3 Å². The van der Waals surface area contributed by atoms with Crippen LogP contribution in [0.4, 0.5) is 5.69 Å². The molecule has 0 radical (unpaired) electrons. The normalized spacial score (nSPS) is 10.6. The summed E-state index contributed by atoms with van der Waals surface area (Å²) in [5.74, 6) is 0.722. The predicted molar refractivity (Wildman–Crippen MR) is 123 cm³/mol. The lowest BCUT2D eigenvalue weighted by Crippen LogP contribution is -2.11. The van der Waals surface area contributed by atoms with Crippen molar-refractivity contribution in [3.63, 3.8) is 0 Å². The summed E-state index contributed by atoms with van der Waals surface area (Å²) < 4.78 is 12.7. The second kappa shape index (κ2) is 9.72. The van der Waals surface area contributed by atoms with E-state index >= 15 is 0 Å². The van der Waals surface area contributed by atoms with Gasteiger partial charge in [-0.15, -0.1) is 0 Å². The van der Waals surface area contributed by atoms with Crippen molar-refractivity contribution in [2.75, 3.05) is 12.4 Å². The van der Waals surface area contributed by atoms with Gasteiger partial charge in [-0.25, -0.2) is 4.68 Å². The SMILES string of the molecule is COc1ccc(NC(=O)c2cnn(-c3ccc(Cl)cc3Cl)c2)cc1OCc1cccnc1. The van der Waals surface area contributed by atoms with Gasteiger partial charge >= 0.3 is 0 Å². The zero-order chi connectivity index (χ0) is 22.5. The highest BCUT2D eigenvalue weighted by Crippen LogP contribution is 2.31. The molecule has 2 aromatic carbocycles. The van der Waals surface area contributed by atoms with Crippen molar-refractivity contribution in [2.45, 2.75) is 6.61 Å². The summed E-state index contributed by atoms with van der Waals surface area (Å²) in [5.41, 5.74) is 2.45. The van der Waals surface area contributed by atoms with E-state index < -0.39 is 0 Å². The van der Waals surface area contributed by atoms with Crippen molar-refractivity contribution in [1.29, 1.82) is 0 Å². The summed E-state index contributed by atoms with van der Waals surface area (Å²) in [7, 11) is 1.56. The fraction of sp³-hybridized carbons (Fsp3) is 0.0870. The van der Waals surface area contributed by atoms with E-state index in [1.807, 2.05) is 12.1 Å². The zero-order valence-electron chi connectivity index (χ0n) is 17.0. The Balaban J connectivity index is 1.49. The number of hydrogen-bond donors (Lipinski definition) is 1. The number of carbonyl (C=O) groups excluding carboxylic acids is 1. The molecule has 0 saturated carbocycles. The average Bonchev–Trinajstić information content (AvgIpc) is 3.28. The van der Waals surface area contributed by atoms with Gasteiger partial charge in [-0.3, -0.25) is 9.78 Å². The standard InChI is InChI=1S/C23H18Cl2N4O3/c1-31-21-7-5-18(10-22(21)32-14-15-3-2-8-26-11-15)28-23(30)16-12-27-29(13-16)20-6-4-17(24)9-19(20)25/h2-13H,14H2,1H3,(H,28,30). The number of methoxy groups -OCH3 is 1. The van der Waals surface area contributed by atoms with Gasteiger partial charge in [0.2, 0.25) is 0 Å². The topological polar surface area (TPSA) is 78.3 Å². The maximum Gasteiger partial charge on any atom is 0.258 e. The first-order valence-electron chi connectivity index (χ1n) is 9.54. The lowest BCUT2D eigenvalue weighted by atomic mass is 10.2. The molecule has 9 heteroatoms. The van der Waals surface area contributed by atoms with Crippen LogP contribution >= 0.6 is 23.2 Å². The molecule has 0 saturated heterocycles. The molecule has 2 heterocycles. The Morgan fingerprint density at radius 3 is 2.72 bits per heavy atom. The third-order valence-electron chi connectivity index (χ3n) is 4.54. The summed E-state index contributed by atoms with van der Waals surface area (Å²) >= 11 is 12.2. The Bertz CT molecular complexity index is 1250. The number of aromatic nitrogens is 3. The monoisotopic (exact) mass is 468 g/mol. The van der Waals surface area contributed by atoms with Crippen molar-refractivity contribution in [3.8, 4) is 17.2 Å². The number of benzene rings is 2. The first kappa shape index (κ1) is 21.7. The molecule has 1 amide bonds. The summed E-state index contributed by atoms with van der Waals surface area (Å²) in [5, 5.41) is 8.01. The Morgan fingerprint density at radius 2 is 1.97 bits per heavy atom. The number of amides is 1. The van der Waals surface area contributed by atoms with E-state index in [0.29, 0.717) is 45.1 Å². The summed E-state index contributed by atoms with van der Waals surface area (Å²) in [6.45, 7) is 0.316. The third-order valence-corrected chi connectivity index (χ3v) is 5.08. The van der Waals surface area contributed by atoms with Crippen LogP contribution in [-0.4, -0.2) is 27.8 Å². The Labute approximate surface area is 194 Å². The minimum atomic E-state index is -0.329. The molecule has 4 rings (SSSR count). The minimum Gasteiger partial charge on any atom is -0.493 e. The smallest absolute Gasteiger partial charge is 0.258 e. The minimum absolute atomic E-state index is 0.316. The van der Waals surface area contributed by atoms with Gasteiger partial charge in [0.15, 0.2) is 11.5 Å². The van der Waals surface area contributed by atoms with Crippen LogP contribution in [0.15, 0.2) is 73.3 Å². The van der Waals surface area contributed by atoms with E-state index in [4.69, 9.17) is 32.7 Å². The average molecular weight is 469 g/mol. The third kappa shape index (κ3) is 5.01. The number of nitrogens with one attached hydrogen (secondary N) is 1. The molecule has 0 aliphatic carbocycles. The van der Waals surface area contributed by atoms with Gasteiger partial charge in [0.05, 0.1) is 29.6 Å². The number of rotatable bonds is 7. The largest absolute Gasteiger partial charge is 0.493 e. The predicted octanol–water partition coefficient (Wildman–Crippen LogP) is 5.41. The molecule has 162 valence electrons. The van der Waals surface area contributed by atoms with Gasteiger partial charge in [0.1, 0.15) is 6.61 Å². The molecular formula is C23H18Cl2N4O3. The maximum absolute atomic E-state index is 12.7. The van der Waals surface area contributed by atoms with Crippen LogP contribution in [0.25, 0.3) is 5.69 Å². The van der Waals surface area contributed by atoms with Crippen LogP contribution in [0.1, 0.15) is 15.9 Å². The lowest BCUT2D eigenvalue weighted by molar-refractivity contribution is 0.102. The second-order valence-electron chi connectivity index (χ2n) is 6.74. The number of nitrogens with zero attached hydrogens (tertiary/aromatic N) is 3. The van der Waals surface area contributed by atoms with Gasteiger partial charge in [-0.05, 0) is 36.4 Å². The van der Waals surface area contributed by atoms with Gasteiger partial charge in [0, 0.05) is 40.9 Å². The van der Waals surface area contributed by atoms with Crippen molar-refractivity contribution in [2.24, 2.45) is 0 Å². The van der Waals surface area contributed by atoms with Crippen LogP contribution in [0.5, 0.6) is 11.5 Å². The number of anilines is 1. The van der Waals surface area contributed by atoms with Gasteiger partial charge in [0.25, 0.3) is 5.91 Å². The van der Waals surface area contributed by atoms with Gasteiger partial charge in [-0.1, -0.05) is 29.3 Å². The number of pyridine rings is 1. The van der Waals surface area contributed by atoms with E-state index in [9.17, 15) is 4.79 Å². The molecule has 32 heavy (non-hydrogen) atoms. The van der Waals surface area contributed by atoms with Crippen molar-refractivity contribution in [3.05, 3.63) is 94.5 Å². The molecule has 7 nitrogen and oxygen atoms in total. The number of ether oxygens (including phenoxy) is 2. The molecule has 2 aromatic heterocycles. The first-order chi connectivity index (χ1) is 15.5. The van der Waals surface area contributed by atoms with Crippen LogP contribution in [0.3, 0.4) is 0 Å². The van der Waals surface area contributed by atoms with E-state index in [1.165, 1.54) is 10.9 Å². The zero-order valence-corrected chi connectivity index (χ0v) is 18.5. The highest BCUT2D eigenvalue weighted by molar-refractivity contribution is 6.35. The molecule has 1 N–H and O–H groups in total.